The lowest BCUT2D eigenvalue weighted by Crippen LogP contribution is -2.27. The van der Waals surface area contributed by atoms with Crippen LogP contribution in [-0.4, -0.2) is 20.7 Å². The number of carbonyl (C=O) groups is 1. The fraction of sp³-hybridized carbons (Fsp3) is 0.286. The number of hydrogen-bond acceptors (Lipinski definition) is 5. The van der Waals surface area contributed by atoms with Crippen molar-refractivity contribution in [2.45, 2.75) is 43.6 Å². The van der Waals surface area contributed by atoms with Gasteiger partial charge in [0.2, 0.25) is 11.9 Å². The predicted octanol–water partition coefficient (Wildman–Crippen LogP) is 4.30. The summed E-state index contributed by atoms with van der Waals surface area (Å²) in [5.41, 5.74) is 9.18. The van der Waals surface area contributed by atoms with E-state index in [1.165, 1.54) is 17.3 Å². The van der Waals surface area contributed by atoms with Gasteiger partial charge >= 0.3 is 0 Å². The SMILES string of the molecule is CCc1ccccc1NC(=O)C(CC)n1c(N)nnc1SCc1ccccc1. The molecule has 2 aromatic carbocycles. The van der Waals surface area contributed by atoms with Crippen LogP contribution in [0.5, 0.6) is 0 Å². The van der Waals surface area contributed by atoms with Crippen molar-refractivity contribution in [3.8, 4) is 0 Å². The second-order valence-electron chi connectivity index (χ2n) is 6.41. The number of carbonyl (C=O) groups excluding carboxylic acids is 1. The topological polar surface area (TPSA) is 85.8 Å². The van der Waals surface area contributed by atoms with Crippen LogP contribution >= 0.6 is 11.8 Å². The van der Waals surface area contributed by atoms with Crippen LogP contribution in [0.15, 0.2) is 59.8 Å². The number of aromatic nitrogens is 3. The number of para-hydroxylation sites is 1. The van der Waals surface area contributed by atoms with Gasteiger partial charge in [0, 0.05) is 11.4 Å². The molecule has 0 aliphatic heterocycles. The van der Waals surface area contributed by atoms with E-state index in [1.807, 2.05) is 49.4 Å². The highest BCUT2D eigenvalue weighted by molar-refractivity contribution is 7.98. The smallest absolute Gasteiger partial charge is 0.247 e. The number of nitrogens with two attached hydrogens (primary N) is 1. The molecule has 6 nitrogen and oxygen atoms in total. The summed E-state index contributed by atoms with van der Waals surface area (Å²) in [6, 6.07) is 17.5. The maximum Gasteiger partial charge on any atom is 0.247 e. The number of benzene rings is 2. The summed E-state index contributed by atoms with van der Waals surface area (Å²) in [6.45, 7) is 4.03. The lowest BCUT2D eigenvalue weighted by Gasteiger charge is -2.20. The summed E-state index contributed by atoms with van der Waals surface area (Å²) in [4.78, 5) is 13.0. The Hall–Kier alpha value is -2.80. The Morgan fingerprint density at radius 1 is 1.11 bits per heavy atom. The zero-order chi connectivity index (χ0) is 19.9. The minimum atomic E-state index is -0.474. The Morgan fingerprint density at radius 2 is 1.82 bits per heavy atom. The van der Waals surface area contributed by atoms with Crippen LogP contribution in [0.2, 0.25) is 0 Å². The molecule has 0 aliphatic carbocycles. The van der Waals surface area contributed by atoms with Crippen molar-refractivity contribution in [2.24, 2.45) is 0 Å². The summed E-state index contributed by atoms with van der Waals surface area (Å²) < 4.78 is 1.73. The number of nitrogens with one attached hydrogen (secondary N) is 1. The van der Waals surface area contributed by atoms with Crippen molar-refractivity contribution in [1.82, 2.24) is 14.8 Å². The van der Waals surface area contributed by atoms with Gasteiger partial charge in [-0.05, 0) is 30.0 Å². The fourth-order valence-electron chi connectivity index (χ4n) is 3.05. The van der Waals surface area contributed by atoms with Gasteiger partial charge in [0.25, 0.3) is 0 Å². The van der Waals surface area contributed by atoms with E-state index < -0.39 is 6.04 Å². The first-order valence-corrected chi connectivity index (χ1v) is 10.4. The van der Waals surface area contributed by atoms with E-state index >= 15 is 0 Å². The van der Waals surface area contributed by atoms with Gasteiger partial charge < -0.3 is 11.1 Å². The standard InChI is InChI=1S/C21H25N5OS/c1-3-16-12-8-9-13-17(16)23-19(27)18(4-2)26-20(22)24-25-21(26)28-14-15-10-6-5-7-11-15/h5-13,18H,3-4,14H2,1-2H3,(H2,22,24)(H,23,27). The zero-order valence-corrected chi connectivity index (χ0v) is 16.9. The molecule has 1 atom stereocenters. The van der Waals surface area contributed by atoms with E-state index in [0.717, 1.165) is 23.4 Å². The molecule has 1 aromatic heterocycles. The molecule has 0 bridgehead atoms. The van der Waals surface area contributed by atoms with Crippen LogP contribution in [0.1, 0.15) is 37.4 Å². The predicted molar refractivity (Wildman–Crippen MR) is 114 cm³/mol. The van der Waals surface area contributed by atoms with Crippen molar-refractivity contribution >= 4 is 29.3 Å². The molecule has 0 saturated carbocycles. The number of hydrogen-bond donors (Lipinski definition) is 2. The van der Waals surface area contributed by atoms with Gasteiger partial charge in [-0.25, -0.2) is 0 Å². The number of nitrogens with zero attached hydrogens (tertiary/aromatic N) is 3. The van der Waals surface area contributed by atoms with E-state index in [4.69, 9.17) is 5.73 Å². The second-order valence-corrected chi connectivity index (χ2v) is 7.35. The molecule has 0 saturated heterocycles. The lowest BCUT2D eigenvalue weighted by molar-refractivity contribution is -0.119. The van der Waals surface area contributed by atoms with Crippen molar-refractivity contribution in [1.29, 1.82) is 0 Å². The van der Waals surface area contributed by atoms with Crippen LogP contribution in [0.25, 0.3) is 0 Å². The van der Waals surface area contributed by atoms with Crippen LogP contribution < -0.4 is 11.1 Å². The number of thioether (sulfide) groups is 1. The van der Waals surface area contributed by atoms with E-state index in [2.05, 4.69) is 34.6 Å². The average Bonchev–Trinajstić information content (AvgIpc) is 3.08. The molecular formula is C21H25N5OS. The first-order valence-electron chi connectivity index (χ1n) is 9.39. The monoisotopic (exact) mass is 395 g/mol. The maximum atomic E-state index is 13.0. The maximum absolute atomic E-state index is 13.0. The summed E-state index contributed by atoms with van der Waals surface area (Å²) >= 11 is 1.53. The van der Waals surface area contributed by atoms with Gasteiger partial charge in [-0.1, -0.05) is 74.1 Å². The van der Waals surface area contributed by atoms with Crippen LogP contribution in [0.3, 0.4) is 0 Å². The van der Waals surface area contributed by atoms with Gasteiger partial charge in [-0.15, -0.1) is 10.2 Å². The number of anilines is 2. The summed E-state index contributed by atoms with van der Waals surface area (Å²) in [6.07, 6.45) is 1.43. The molecule has 0 fully saturated rings. The summed E-state index contributed by atoms with van der Waals surface area (Å²) in [5, 5.41) is 11.9. The zero-order valence-electron chi connectivity index (χ0n) is 16.1. The van der Waals surface area contributed by atoms with Crippen molar-refractivity contribution in [3.63, 3.8) is 0 Å². The van der Waals surface area contributed by atoms with E-state index in [1.54, 1.807) is 4.57 Å². The molecule has 1 heterocycles. The first kappa shape index (κ1) is 19.9. The quantitative estimate of drug-likeness (QED) is 0.555. The molecule has 1 amide bonds. The van der Waals surface area contributed by atoms with Gasteiger partial charge in [0.05, 0.1) is 0 Å². The Balaban J connectivity index is 1.80. The molecule has 1 unspecified atom stereocenters. The molecule has 0 aliphatic rings. The van der Waals surface area contributed by atoms with Crippen molar-refractivity contribution in [2.75, 3.05) is 11.1 Å². The minimum Gasteiger partial charge on any atom is -0.368 e. The average molecular weight is 396 g/mol. The molecule has 7 heteroatoms. The van der Waals surface area contributed by atoms with Crippen LogP contribution in [0.4, 0.5) is 11.6 Å². The van der Waals surface area contributed by atoms with Gasteiger partial charge in [0.1, 0.15) is 6.04 Å². The van der Waals surface area contributed by atoms with Crippen LogP contribution in [0, 0.1) is 0 Å². The normalized spacial score (nSPS) is 11.9. The van der Waals surface area contributed by atoms with Crippen LogP contribution in [-0.2, 0) is 17.0 Å². The molecular weight excluding hydrogens is 370 g/mol. The first-order chi connectivity index (χ1) is 13.6. The molecule has 3 N–H and O–H groups in total. The fourth-order valence-corrected chi connectivity index (χ4v) is 4.00. The highest BCUT2D eigenvalue weighted by Gasteiger charge is 2.25. The Bertz CT molecular complexity index is 926. The Labute approximate surface area is 169 Å². The number of nitrogen functional groups attached to an aromatic ring is 1. The molecule has 3 rings (SSSR count). The summed E-state index contributed by atoms with van der Waals surface area (Å²) in [5.74, 6) is 0.869. The third-order valence-electron chi connectivity index (χ3n) is 4.56. The van der Waals surface area contributed by atoms with Gasteiger partial charge in [-0.3, -0.25) is 9.36 Å². The largest absolute Gasteiger partial charge is 0.368 e. The Kier molecular flexibility index (Phi) is 6.71. The Morgan fingerprint density at radius 3 is 2.54 bits per heavy atom. The molecule has 0 radical (unpaired) electrons. The highest BCUT2D eigenvalue weighted by atomic mass is 32.2. The highest BCUT2D eigenvalue weighted by Crippen LogP contribution is 2.28. The van der Waals surface area contributed by atoms with E-state index in [9.17, 15) is 4.79 Å². The molecule has 28 heavy (non-hydrogen) atoms. The lowest BCUT2D eigenvalue weighted by atomic mass is 10.1. The third kappa shape index (κ3) is 4.54. The van der Waals surface area contributed by atoms with Gasteiger partial charge in [0.15, 0.2) is 5.16 Å². The molecule has 0 spiro atoms. The van der Waals surface area contributed by atoms with Gasteiger partial charge in [-0.2, -0.15) is 0 Å². The number of rotatable bonds is 8. The summed E-state index contributed by atoms with van der Waals surface area (Å²) in [7, 11) is 0. The second kappa shape index (κ2) is 9.41. The molecule has 3 aromatic rings. The van der Waals surface area contributed by atoms with E-state index in [-0.39, 0.29) is 11.9 Å². The van der Waals surface area contributed by atoms with E-state index in [0.29, 0.717) is 11.6 Å². The van der Waals surface area contributed by atoms with Crippen molar-refractivity contribution in [3.05, 3.63) is 65.7 Å². The number of aryl methyl sites for hydroxylation is 1. The van der Waals surface area contributed by atoms with Crippen molar-refractivity contribution < 1.29 is 4.79 Å². The number of amides is 1. The minimum absolute atomic E-state index is 0.114. The molecule has 146 valence electrons. The third-order valence-corrected chi connectivity index (χ3v) is 5.57.